The molecule has 0 unspecified atom stereocenters. The molecule has 0 saturated carbocycles. The molecule has 0 aliphatic heterocycles. The summed E-state index contributed by atoms with van der Waals surface area (Å²) < 4.78 is 21.7. The van der Waals surface area contributed by atoms with Crippen molar-refractivity contribution in [3.63, 3.8) is 0 Å². The van der Waals surface area contributed by atoms with Crippen molar-refractivity contribution in [2.45, 2.75) is 6.42 Å². The highest BCUT2D eigenvalue weighted by Crippen LogP contribution is 2.33. The average molecular weight is 396 g/mol. The lowest BCUT2D eigenvalue weighted by molar-refractivity contribution is 0.0777. The summed E-state index contributed by atoms with van der Waals surface area (Å²) in [4.78, 5) is 14.2. The van der Waals surface area contributed by atoms with Crippen LogP contribution in [0.4, 0.5) is 0 Å². The molecule has 152 valence electrons. The van der Waals surface area contributed by atoms with Gasteiger partial charge in [0, 0.05) is 19.7 Å². The summed E-state index contributed by atoms with van der Waals surface area (Å²) in [6, 6.07) is 16.5. The lowest BCUT2D eigenvalue weighted by Crippen LogP contribution is -2.28. The predicted molar refractivity (Wildman–Crippen MR) is 109 cm³/mol. The minimum absolute atomic E-state index is 0.221. The van der Waals surface area contributed by atoms with Gasteiger partial charge in [0.25, 0.3) is 5.91 Å². The van der Waals surface area contributed by atoms with Gasteiger partial charge < -0.3 is 23.6 Å². The molecule has 0 aliphatic rings. The largest absolute Gasteiger partial charge is 0.497 e. The van der Waals surface area contributed by atoms with E-state index < -0.39 is 0 Å². The summed E-state index contributed by atoms with van der Waals surface area (Å²) >= 11 is 0. The van der Waals surface area contributed by atoms with Gasteiger partial charge >= 0.3 is 0 Å². The fraction of sp³-hybridized carbons (Fsp3) is 0.273. The monoisotopic (exact) mass is 396 g/mol. The van der Waals surface area contributed by atoms with Crippen LogP contribution in [0.5, 0.6) is 17.2 Å². The molecule has 0 radical (unpaired) electrons. The Morgan fingerprint density at radius 1 is 1.03 bits per heavy atom. The number of carbonyl (C=O) groups excluding carboxylic acids is 1. The molecule has 3 rings (SSSR count). The van der Waals surface area contributed by atoms with Crippen molar-refractivity contribution in [2.24, 2.45) is 0 Å². The lowest BCUT2D eigenvalue weighted by atomic mass is 10.1. The van der Waals surface area contributed by atoms with Crippen molar-refractivity contribution in [1.29, 1.82) is 0 Å². The molecule has 3 aromatic rings. The summed E-state index contributed by atoms with van der Waals surface area (Å²) in [6.07, 6.45) is 0.700. The molecule has 7 nitrogen and oxygen atoms in total. The van der Waals surface area contributed by atoms with Gasteiger partial charge in [0.15, 0.2) is 11.5 Å². The standard InChI is InChI=1S/C22H24N2O5/c1-24(12-7-13-28-16-8-5-4-6-9-16)22(25)19-15-21(29-23-19)18-14-17(26-2)10-11-20(18)27-3/h4-6,8-11,14-15H,7,12-13H2,1-3H3. The van der Waals surface area contributed by atoms with Crippen LogP contribution in [0.3, 0.4) is 0 Å². The zero-order valence-electron chi connectivity index (χ0n) is 16.8. The van der Waals surface area contributed by atoms with E-state index in [1.165, 1.54) is 0 Å². The van der Waals surface area contributed by atoms with Crippen molar-refractivity contribution in [3.05, 3.63) is 60.3 Å². The molecule has 1 heterocycles. The second-order valence-electron chi connectivity index (χ2n) is 6.38. The Balaban J connectivity index is 1.60. The second kappa shape index (κ2) is 9.64. The van der Waals surface area contributed by atoms with Crippen LogP contribution in [0.2, 0.25) is 0 Å². The SMILES string of the molecule is COc1ccc(OC)c(-c2cc(C(=O)N(C)CCCOc3ccccc3)no2)c1. The first-order valence-corrected chi connectivity index (χ1v) is 9.25. The molecule has 0 aliphatic carbocycles. The van der Waals surface area contributed by atoms with E-state index in [2.05, 4.69) is 5.16 Å². The van der Waals surface area contributed by atoms with Crippen LogP contribution in [0, 0.1) is 0 Å². The van der Waals surface area contributed by atoms with Gasteiger partial charge in [-0.2, -0.15) is 0 Å². The number of nitrogens with zero attached hydrogens (tertiary/aromatic N) is 2. The van der Waals surface area contributed by atoms with Crippen molar-refractivity contribution in [3.8, 4) is 28.6 Å². The minimum atomic E-state index is -0.221. The topological polar surface area (TPSA) is 74.0 Å². The van der Waals surface area contributed by atoms with E-state index >= 15 is 0 Å². The number of amides is 1. The van der Waals surface area contributed by atoms with Crippen LogP contribution in [0.25, 0.3) is 11.3 Å². The molecule has 1 amide bonds. The van der Waals surface area contributed by atoms with Gasteiger partial charge in [-0.25, -0.2) is 0 Å². The second-order valence-corrected chi connectivity index (χ2v) is 6.38. The van der Waals surface area contributed by atoms with E-state index in [1.54, 1.807) is 50.4 Å². The molecule has 0 saturated heterocycles. The summed E-state index contributed by atoms with van der Waals surface area (Å²) in [5.74, 6) is 2.29. The minimum Gasteiger partial charge on any atom is -0.497 e. The highest BCUT2D eigenvalue weighted by Gasteiger charge is 2.19. The number of aromatic nitrogens is 1. The number of hydrogen-bond acceptors (Lipinski definition) is 6. The van der Waals surface area contributed by atoms with E-state index in [1.807, 2.05) is 30.3 Å². The Kier molecular flexibility index (Phi) is 6.73. The van der Waals surface area contributed by atoms with Crippen molar-refractivity contribution in [2.75, 3.05) is 34.4 Å². The summed E-state index contributed by atoms with van der Waals surface area (Å²) in [5.41, 5.74) is 0.897. The number of para-hydroxylation sites is 1. The molecular formula is C22H24N2O5. The molecular weight excluding hydrogens is 372 g/mol. The summed E-state index contributed by atoms with van der Waals surface area (Å²) in [7, 11) is 4.88. The average Bonchev–Trinajstić information content (AvgIpc) is 3.26. The number of methoxy groups -OCH3 is 2. The van der Waals surface area contributed by atoms with E-state index in [0.29, 0.717) is 42.4 Å². The third kappa shape index (κ3) is 5.07. The molecule has 0 atom stereocenters. The Hall–Kier alpha value is -3.48. The van der Waals surface area contributed by atoms with Gasteiger partial charge in [0.2, 0.25) is 0 Å². The first-order valence-electron chi connectivity index (χ1n) is 9.25. The molecule has 0 N–H and O–H groups in total. The number of rotatable bonds is 9. The third-order valence-electron chi connectivity index (χ3n) is 4.40. The van der Waals surface area contributed by atoms with Crippen LogP contribution in [0.15, 0.2) is 59.1 Å². The quantitative estimate of drug-likeness (QED) is 0.511. The Labute approximate surface area is 169 Å². The number of hydrogen-bond donors (Lipinski definition) is 0. The van der Waals surface area contributed by atoms with E-state index in [4.69, 9.17) is 18.7 Å². The first kappa shape index (κ1) is 20.3. The lowest BCUT2D eigenvalue weighted by Gasteiger charge is -2.15. The Morgan fingerprint density at radius 3 is 2.55 bits per heavy atom. The molecule has 0 spiro atoms. The number of benzene rings is 2. The molecule has 0 bridgehead atoms. The fourth-order valence-corrected chi connectivity index (χ4v) is 2.82. The zero-order chi connectivity index (χ0) is 20.6. The van der Waals surface area contributed by atoms with Crippen LogP contribution in [0.1, 0.15) is 16.9 Å². The third-order valence-corrected chi connectivity index (χ3v) is 4.40. The van der Waals surface area contributed by atoms with E-state index in [9.17, 15) is 4.79 Å². The molecule has 0 fully saturated rings. The fourth-order valence-electron chi connectivity index (χ4n) is 2.82. The normalized spacial score (nSPS) is 10.4. The Bertz CT molecular complexity index is 939. The smallest absolute Gasteiger partial charge is 0.275 e. The summed E-state index contributed by atoms with van der Waals surface area (Å²) in [5, 5.41) is 3.93. The number of ether oxygens (including phenoxy) is 3. The van der Waals surface area contributed by atoms with E-state index in [-0.39, 0.29) is 11.6 Å². The maximum atomic E-state index is 12.6. The molecule has 7 heteroatoms. The van der Waals surface area contributed by atoms with Crippen LogP contribution in [-0.2, 0) is 0 Å². The molecule has 29 heavy (non-hydrogen) atoms. The van der Waals surface area contributed by atoms with Crippen LogP contribution >= 0.6 is 0 Å². The van der Waals surface area contributed by atoms with Crippen LogP contribution < -0.4 is 14.2 Å². The molecule has 1 aromatic heterocycles. The highest BCUT2D eigenvalue weighted by atomic mass is 16.5. The van der Waals surface area contributed by atoms with Crippen molar-refractivity contribution >= 4 is 5.91 Å². The Morgan fingerprint density at radius 2 is 1.83 bits per heavy atom. The maximum absolute atomic E-state index is 12.6. The zero-order valence-corrected chi connectivity index (χ0v) is 16.8. The predicted octanol–water partition coefficient (Wildman–Crippen LogP) is 3.90. The van der Waals surface area contributed by atoms with Crippen molar-refractivity contribution in [1.82, 2.24) is 10.1 Å². The van der Waals surface area contributed by atoms with E-state index in [0.717, 1.165) is 5.75 Å². The van der Waals surface area contributed by atoms with Gasteiger partial charge in [0.05, 0.1) is 26.4 Å². The van der Waals surface area contributed by atoms with Gasteiger partial charge in [0.1, 0.15) is 17.2 Å². The van der Waals surface area contributed by atoms with Gasteiger partial charge in [-0.15, -0.1) is 0 Å². The highest BCUT2D eigenvalue weighted by molar-refractivity contribution is 5.93. The maximum Gasteiger partial charge on any atom is 0.275 e. The molecule has 2 aromatic carbocycles. The number of carbonyl (C=O) groups is 1. The van der Waals surface area contributed by atoms with Crippen molar-refractivity contribution < 1.29 is 23.5 Å². The van der Waals surface area contributed by atoms with Gasteiger partial charge in [-0.05, 0) is 36.8 Å². The first-order chi connectivity index (χ1) is 14.1. The summed E-state index contributed by atoms with van der Waals surface area (Å²) in [6.45, 7) is 1.06. The van der Waals surface area contributed by atoms with Crippen LogP contribution in [-0.4, -0.2) is 50.4 Å². The van der Waals surface area contributed by atoms with Gasteiger partial charge in [-0.3, -0.25) is 4.79 Å². The van der Waals surface area contributed by atoms with Gasteiger partial charge in [-0.1, -0.05) is 23.4 Å².